The Labute approximate surface area is 255 Å². The third kappa shape index (κ3) is 5.86. The lowest BCUT2D eigenvalue weighted by Crippen LogP contribution is -2.29. The summed E-state index contributed by atoms with van der Waals surface area (Å²) < 4.78 is 11.8. The summed E-state index contributed by atoms with van der Waals surface area (Å²) in [5.41, 5.74) is 3.40. The molecule has 1 aliphatic heterocycles. The minimum Gasteiger partial charge on any atom is -0.507 e. The number of carbonyl (C=O) groups excluding carboxylic acids is 3. The van der Waals surface area contributed by atoms with Crippen molar-refractivity contribution in [2.45, 2.75) is 33.4 Å². The topological polar surface area (TPSA) is 106 Å². The van der Waals surface area contributed by atoms with Crippen LogP contribution >= 0.6 is 27.3 Å². The number of aryl methyl sites for hydroxylation is 2. The molecular weight excluding hydrogens is 620 g/mol. The van der Waals surface area contributed by atoms with Gasteiger partial charge in [-0.3, -0.25) is 14.5 Å². The first kappa shape index (κ1) is 29.2. The van der Waals surface area contributed by atoms with Crippen LogP contribution in [0.15, 0.2) is 82.8 Å². The third-order valence-electron chi connectivity index (χ3n) is 6.70. The van der Waals surface area contributed by atoms with Crippen molar-refractivity contribution in [3.8, 4) is 5.75 Å². The van der Waals surface area contributed by atoms with Crippen molar-refractivity contribution in [1.82, 2.24) is 4.98 Å². The van der Waals surface area contributed by atoms with Gasteiger partial charge in [-0.2, -0.15) is 0 Å². The number of anilines is 1. The number of thiazole rings is 1. The molecule has 1 atom stereocenters. The number of hydrogen-bond acceptors (Lipinski definition) is 8. The van der Waals surface area contributed by atoms with E-state index in [-0.39, 0.29) is 27.9 Å². The van der Waals surface area contributed by atoms with Gasteiger partial charge in [-0.15, -0.1) is 0 Å². The molecule has 0 bridgehead atoms. The Balaban J connectivity index is 1.52. The van der Waals surface area contributed by atoms with Gasteiger partial charge in [0.2, 0.25) is 0 Å². The SMILES string of the molecule is CCOC(=O)c1sc(N2C(=O)C(=O)C(=C(O)c3ccc(OCc4cccc(C)c4)cc3)C2c2ccc(Br)cc2)nc1C. The van der Waals surface area contributed by atoms with Gasteiger partial charge in [0.05, 0.1) is 23.9 Å². The number of Topliss-reactive ketones (excluding diaryl/α,β-unsaturated/α-hetero) is 1. The molecule has 8 nitrogen and oxygen atoms in total. The number of aliphatic hydroxyl groups is 1. The van der Waals surface area contributed by atoms with Crippen molar-refractivity contribution in [3.05, 3.63) is 116 Å². The second-order valence-electron chi connectivity index (χ2n) is 9.65. The summed E-state index contributed by atoms with van der Waals surface area (Å²) in [5, 5.41) is 11.6. The molecule has 42 heavy (non-hydrogen) atoms. The van der Waals surface area contributed by atoms with E-state index < -0.39 is 23.7 Å². The molecule has 4 aromatic rings. The Kier molecular flexibility index (Phi) is 8.56. The molecule has 0 spiro atoms. The van der Waals surface area contributed by atoms with E-state index in [1.807, 2.05) is 31.2 Å². The molecule has 10 heteroatoms. The number of esters is 1. The zero-order chi connectivity index (χ0) is 30.0. The highest BCUT2D eigenvalue weighted by Crippen LogP contribution is 2.44. The van der Waals surface area contributed by atoms with Crippen LogP contribution in [0.1, 0.15) is 50.6 Å². The van der Waals surface area contributed by atoms with Gasteiger partial charge in [-0.1, -0.05) is 69.2 Å². The van der Waals surface area contributed by atoms with Gasteiger partial charge in [-0.25, -0.2) is 9.78 Å². The normalized spacial score (nSPS) is 16.1. The fraction of sp³-hybridized carbons (Fsp3) is 0.188. The Morgan fingerprint density at radius 1 is 1.05 bits per heavy atom. The van der Waals surface area contributed by atoms with E-state index >= 15 is 0 Å². The van der Waals surface area contributed by atoms with Gasteiger partial charge in [0, 0.05) is 10.0 Å². The first-order valence-electron chi connectivity index (χ1n) is 13.2. The average molecular weight is 648 g/mol. The van der Waals surface area contributed by atoms with Crippen LogP contribution in [0.2, 0.25) is 0 Å². The summed E-state index contributed by atoms with van der Waals surface area (Å²) in [6.45, 7) is 5.92. The molecule has 0 saturated carbocycles. The van der Waals surface area contributed by atoms with Gasteiger partial charge in [0.15, 0.2) is 5.13 Å². The van der Waals surface area contributed by atoms with Crippen molar-refractivity contribution in [2.24, 2.45) is 0 Å². The molecule has 1 N–H and O–H groups in total. The van der Waals surface area contributed by atoms with Crippen molar-refractivity contribution >= 4 is 55.8 Å². The highest BCUT2D eigenvalue weighted by atomic mass is 79.9. The number of rotatable bonds is 8. The van der Waals surface area contributed by atoms with E-state index in [1.165, 1.54) is 4.90 Å². The van der Waals surface area contributed by atoms with Crippen molar-refractivity contribution in [3.63, 3.8) is 0 Å². The highest BCUT2D eigenvalue weighted by molar-refractivity contribution is 9.10. The van der Waals surface area contributed by atoms with E-state index in [0.29, 0.717) is 29.2 Å². The third-order valence-corrected chi connectivity index (χ3v) is 8.36. The van der Waals surface area contributed by atoms with Gasteiger partial charge < -0.3 is 14.6 Å². The van der Waals surface area contributed by atoms with Crippen LogP contribution in [0.3, 0.4) is 0 Å². The van der Waals surface area contributed by atoms with Crippen molar-refractivity contribution in [1.29, 1.82) is 0 Å². The van der Waals surface area contributed by atoms with Gasteiger partial charge in [-0.05, 0) is 68.3 Å². The fourth-order valence-corrected chi connectivity index (χ4v) is 5.95. The van der Waals surface area contributed by atoms with Gasteiger partial charge in [0.1, 0.15) is 23.0 Å². The monoisotopic (exact) mass is 646 g/mol. The first-order chi connectivity index (χ1) is 20.2. The summed E-state index contributed by atoms with van der Waals surface area (Å²) in [7, 11) is 0. The largest absolute Gasteiger partial charge is 0.507 e. The molecule has 0 radical (unpaired) electrons. The van der Waals surface area contributed by atoms with Crippen LogP contribution in [0.5, 0.6) is 5.75 Å². The standard InChI is InChI=1S/C32H27BrN2O6S/c1-4-40-31(39)29-19(3)34-32(42-29)35-26(21-8-12-23(33)13-9-21)25(28(37)30(35)38)27(36)22-10-14-24(15-11-22)41-17-20-7-5-6-18(2)16-20/h5-16,26,36H,4,17H2,1-3H3. The summed E-state index contributed by atoms with van der Waals surface area (Å²) in [6.07, 6.45) is 0. The summed E-state index contributed by atoms with van der Waals surface area (Å²) >= 11 is 4.38. The maximum absolute atomic E-state index is 13.5. The maximum atomic E-state index is 13.5. The fourth-order valence-electron chi connectivity index (χ4n) is 4.69. The van der Waals surface area contributed by atoms with E-state index in [4.69, 9.17) is 9.47 Å². The Bertz CT molecular complexity index is 1690. The molecule has 1 amide bonds. The van der Waals surface area contributed by atoms with Crippen molar-refractivity contribution in [2.75, 3.05) is 11.5 Å². The zero-order valence-electron chi connectivity index (χ0n) is 23.1. The molecule has 214 valence electrons. The number of hydrogen-bond donors (Lipinski definition) is 1. The minimum atomic E-state index is -0.976. The predicted octanol–water partition coefficient (Wildman–Crippen LogP) is 6.90. The molecule has 0 aliphatic carbocycles. The Morgan fingerprint density at radius 2 is 1.76 bits per heavy atom. The molecule has 2 heterocycles. The van der Waals surface area contributed by atoms with Crippen LogP contribution < -0.4 is 9.64 Å². The minimum absolute atomic E-state index is 0.0821. The number of aliphatic hydroxyl groups excluding tert-OH is 1. The summed E-state index contributed by atoms with van der Waals surface area (Å²) in [5.74, 6) is -2.01. The summed E-state index contributed by atoms with van der Waals surface area (Å²) in [6, 6.07) is 20.8. The average Bonchev–Trinajstić information content (AvgIpc) is 3.48. The Hall–Kier alpha value is -4.28. The van der Waals surface area contributed by atoms with Crippen LogP contribution in [0, 0.1) is 13.8 Å². The van der Waals surface area contributed by atoms with Gasteiger partial charge in [0.25, 0.3) is 5.78 Å². The number of halogens is 1. The number of ketones is 1. The summed E-state index contributed by atoms with van der Waals surface area (Å²) in [4.78, 5) is 45.3. The zero-order valence-corrected chi connectivity index (χ0v) is 25.5. The van der Waals surface area contributed by atoms with E-state index in [2.05, 4.69) is 20.9 Å². The van der Waals surface area contributed by atoms with Crippen LogP contribution in [0.4, 0.5) is 5.13 Å². The first-order valence-corrected chi connectivity index (χ1v) is 14.8. The quantitative estimate of drug-likeness (QED) is 0.0960. The van der Waals surface area contributed by atoms with Crippen molar-refractivity contribution < 1.29 is 29.0 Å². The van der Waals surface area contributed by atoms with E-state index in [0.717, 1.165) is 26.9 Å². The molecule has 5 rings (SSSR count). The molecule has 1 aliphatic rings. The van der Waals surface area contributed by atoms with E-state index in [1.54, 1.807) is 62.4 Å². The number of amides is 1. The predicted molar refractivity (Wildman–Crippen MR) is 164 cm³/mol. The van der Waals surface area contributed by atoms with E-state index in [9.17, 15) is 19.5 Å². The number of aromatic nitrogens is 1. The lowest BCUT2D eigenvalue weighted by Gasteiger charge is -2.23. The maximum Gasteiger partial charge on any atom is 0.350 e. The van der Waals surface area contributed by atoms with Crippen LogP contribution in [0.25, 0.3) is 5.76 Å². The lowest BCUT2D eigenvalue weighted by molar-refractivity contribution is -0.132. The smallest absolute Gasteiger partial charge is 0.350 e. The molecule has 1 aromatic heterocycles. The van der Waals surface area contributed by atoms with Crippen LogP contribution in [-0.4, -0.2) is 34.4 Å². The lowest BCUT2D eigenvalue weighted by atomic mass is 9.95. The second kappa shape index (κ2) is 12.3. The van der Waals surface area contributed by atoms with Crippen LogP contribution in [-0.2, 0) is 20.9 Å². The number of ether oxygens (including phenoxy) is 2. The second-order valence-corrected chi connectivity index (χ2v) is 11.5. The highest BCUT2D eigenvalue weighted by Gasteiger charge is 2.48. The van der Waals surface area contributed by atoms with Gasteiger partial charge >= 0.3 is 11.9 Å². The molecule has 3 aromatic carbocycles. The number of benzene rings is 3. The molecule has 1 fully saturated rings. The molecular formula is C32H27BrN2O6S. The molecule has 1 saturated heterocycles. The molecule has 1 unspecified atom stereocenters. The number of nitrogens with zero attached hydrogens (tertiary/aromatic N) is 2. The Morgan fingerprint density at radius 3 is 2.43 bits per heavy atom. The number of carbonyl (C=O) groups is 3.